The third kappa shape index (κ3) is 7.85. The number of carbonyl (C=O) groups excluding carboxylic acids is 2. The second-order valence-corrected chi connectivity index (χ2v) is 5.98. The Kier molecular flexibility index (Phi) is 9.29. The van der Waals surface area contributed by atoms with Crippen LogP contribution >= 0.6 is 12.4 Å². The number of carbonyl (C=O) groups is 2. The van der Waals surface area contributed by atoms with Gasteiger partial charge in [0, 0.05) is 26.3 Å². The second-order valence-electron chi connectivity index (χ2n) is 5.98. The molecular formula is C16H27ClN4O2. The van der Waals surface area contributed by atoms with Crippen molar-refractivity contribution in [2.45, 2.75) is 32.9 Å². The number of benzene rings is 1. The molecule has 1 rings (SSSR count). The molecule has 7 heteroatoms. The van der Waals surface area contributed by atoms with Gasteiger partial charge in [0.2, 0.25) is 5.91 Å². The summed E-state index contributed by atoms with van der Waals surface area (Å²) in [5.41, 5.74) is 7.43. The molecule has 0 spiro atoms. The van der Waals surface area contributed by atoms with Crippen molar-refractivity contribution in [3.05, 3.63) is 29.8 Å². The Balaban J connectivity index is 0.00000484. The fraction of sp³-hybridized carbons (Fsp3) is 0.500. The van der Waals surface area contributed by atoms with E-state index >= 15 is 0 Å². The number of hydrogen-bond donors (Lipinski definition) is 3. The van der Waals surface area contributed by atoms with E-state index in [-0.39, 0.29) is 24.3 Å². The maximum absolute atomic E-state index is 11.9. The number of halogens is 1. The summed E-state index contributed by atoms with van der Waals surface area (Å²) in [7, 11) is 3.35. The number of anilines is 1. The smallest absolute Gasteiger partial charge is 0.321 e. The minimum Gasteiger partial charge on any atom is -0.351 e. The van der Waals surface area contributed by atoms with Gasteiger partial charge in [-0.2, -0.15) is 0 Å². The van der Waals surface area contributed by atoms with Crippen LogP contribution in [-0.4, -0.2) is 37.0 Å². The Morgan fingerprint density at radius 1 is 1.26 bits per heavy atom. The molecule has 0 aliphatic heterocycles. The summed E-state index contributed by atoms with van der Waals surface area (Å²) < 4.78 is 0. The van der Waals surface area contributed by atoms with Gasteiger partial charge in [0.15, 0.2) is 0 Å². The third-order valence-electron chi connectivity index (χ3n) is 3.11. The molecule has 6 nitrogen and oxygen atoms in total. The van der Waals surface area contributed by atoms with Crippen LogP contribution in [0.4, 0.5) is 10.5 Å². The van der Waals surface area contributed by atoms with Crippen molar-refractivity contribution in [3.63, 3.8) is 0 Å². The Labute approximate surface area is 144 Å². The Morgan fingerprint density at radius 3 is 2.48 bits per heavy atom. The van der Waals surface area contributed by atoms with Crippen molar-refractivity contribution >= 4 is 30.0 Å². The van der Waals surface area contributed by atoms with Gasteiger partial charge in [-0.05, 0) is 30.0 Å². The predicted molar refractivity (Wildman–Crippen MR) is 95.7 cm³/mol. The summed E-state index contributed by atoms with van der Waals surface area (Å²) in [5.74, 6) is 0.224. The summed E-state index contributed by atoms with van der Waals surface area (Å²) >= 11 is 0. The summed E-state index contributed by atoms with van der Waals surface area (Å²) in [6.07, 6.45) is 0.658. The van der Waals surface area contributed by atoms with Crippen LogP contribution in [0, 0.1) is 5.92 Å². The molecule has 0 saturated carbocycles. The SMILES string of the molecule is CC(C)C[C@H](N)C(=O)NCc1cccc(NC(=O)N(C)C)c1.Cl. The Morgan fingerprint density at radius 2 is 1.91 bits per heavy atom. The highest BCUT2D eigenvalue weighted by Gasteiger charge is 2.14. The summed E-state index contributed by atoms with van der Waals surface area (Å²) in [4.78, 5) is 25.0. The van der Waals surface area contributed by atoms with Gasteiger partial charge in [-0.1, -0.05) is 26.0 Å². The van der Waals surface area contributed by atoms with Crippen molar-refractivity contribution in [2.75, 3.05) is 19.4 Å². The molecule has 0 bridgehead atoms. The quantitative estimate of drug-likeness (QED) is 0.740. The van der Waals surface area contributed by atoms with Gasteiger partial charge in [0.25, 0.3) is 0 Å². The molecule has 3 amide bonds. The standard InChI is InChI=1S/C16H26N4O2.ClH/c1-11(2)8-14(17)15(21)18-10-12-6-5-7-13(9-12)19-16(22)20(3)4;/h5-7,9,11,14H,8,10,17H2,1-4H3,(H,18,21)(H,19,22);1H/t14-;/m0./s1. The number of rotatable bonds is 6. The molecular weight excluding hydrogens is 316 g/mol. The summed E-state index contributed by atoms with van der Waals surface area (Å²) in [6.45, 7) is 4.45. The zero-order chi connectivity index (χ0) is 16.7. The van der Waals surface area contributed by atoms with E-state index in [4.69, 9.17) is 5.73 Å². The maximum Gasteiger partial charge on any atom is 0.321 e. The fourth-order valence-corrected chi connectivity index (χ4v) is 1.93. The van der Waals surface area contributed by atoms with Crippen LogP contribution in [0.25, 0.3) is 0 Å². The molecule has 130 valence electrons. The van der Waals surface area contributed by atoms with E-state index < -0.39 is 6.04 Å². The lowest BCUT2D eigenvalue weighted by Crippen LogP contribution is -2.41. The predicted octanol–water partition coefficient (Wildman–Crippen LogP) is 2.19. The molecule has 4 N–H and O–H groups in total. The third-order valence-corrected chi connectivity index (χ3v) is 3.11. The largest absolute Gasteiger partial charge is 0.351 e. The van der Waals surface area contributed by atoms with E-state index in [9.17, 15) is 9.59 Å². The number of nitrogens with one attached hydrogen (secondary N) is 2. The first-order valence-corrected chi connectivity index (χ1v) is 7.40. The van der Waals surface area contributed by atoms with E-state index in [1.165, 1.54) is 4.90 Å². The van der Waals surface area contributed by atoms with Crippen molar-refractivity contribution in [1.29, 1.82) is 0 Å². The summed E-state index contributed by atoms with van der Waals surface area (Å²) in [6, 6.07) is 6.67. The first-order chi connectivity index (χ1) is 10.3. The average molecular weight is 343 g/mol. The Hall–Kier alpha value is -1.79. The number of amides is 3. The molecule has 0 aliphatic carbocycles. The van der Waals surface area contributed by atoms with Crippen molar-refractivity contribution in [3.8, 4) is 0 Å². The minimum atomic E-state index is -0.489. The lowest BCUT2D eigenvalue weighted by molar-refractivity contribution is -0.122. The number of nitrogens with two attached hydrogens (primary N) is 1. The van der Waals surface area contributed by atoms with Crippen molar-refractivity contribution in [2.24, 2.45) is 11.7 Å². The van der Waals surface area contributed by atoms with E-state index in [2.05, 4.69) is 10.6 Å². The first-order valence-electron chi connectivity index (χ1n) is 7.40. The molecule has 0 aliphatic rings. The van der Waals surface area contributed by atoms with E-state index in [1.807, 2.05) is 32.0 Å². The topological polar surface area (TPSA) is 87.5 Å². The zero-order valence-corrected chi connectivity index (χ0v) is 14.9. The van der Waals surface area contributed by atoms with Crippen molar-refractivity contribution < 1.29 is 9.59 Å². The van der Waals surface area contributed by atoms with Gasteiger partial charge in [-0.25, -0.2) is 4.79 Å². The highest BCUT2D eigenvalue weighted by molar-refractivity contribution is 5.89. The summed E-state index contributed by atoms with van der Waals surface area (Å²) in [5, 5.41) is 5.59. The van der Waals surface area contributed by atoms with Gasteiger partial charge in [0.1, 0.15) is 0 Å². The normalized spacial score (nSPS) is 11.4. The molecule has 0 saturated heterocycles. The highest BCUT2D eigenvalue weighted by Crippen LogP contribution is 2.11. The number of hydrogen-bond acceptors (Lipinski definition) is 3. The van der Waals surface area contributed by atoms with Gasteiger partial charge >= 0.3 is 6.03 Å². The van der Waals surface area contributed by atoms with Crippen LogP contribution in [0.5, 0.6) is 0 Å². The fourth-order valence-electron chi connectivity index (χ4n) is 1.93. The van der Waals surface area contributed by atoms with E-state index in [0.29, 0.717) is 24.6 Å². The average Bonchev–Trinajstić information content (AvgIpc) is 2.44. The highest BCUT2D eigenvalue weighted by atomic mass is 35.5. The molecule has 0 fully saturated rings. The lowest BCUT2D eigenvalue weighted by atomic mass is 10.0. The minimum absolute atomic E-state index is 0. The van der Waals surface area contributed by atoms with Gasteiger partial charge in [-0.15, -0.1) is 12.4 Å². The maximum atomic E-state index is 11.9. The van der Waals surface area contributed by atoms with Crippen LogP contribution in [0.1, 0.15) is 25.8 Å². The van der Waals surface area contributed by atoms with Gasteiger partial charge in [-0.3, -0.25) is 4.79 Å². The van der Waals surface area contributed by atoms with Crippen LogP contribution in [-0.2, 0) is 11.3 Å². The molecule has 23 heavy (non-hydrogen) atoms. The Bertz CT molecular complexity index is 521. The first kappa shape index (κ1) is 21.2. The second kappa shape index (κ2) is 10.1. The van der Waals surface area contributed by atoms with E-state index in [1.54, 1.807) is 20.2 Å². The van der Waals surface area contributed by atoms with Gasteiger partial charge in [0.05, 0.1) is 6.04 Å². The van der Waals surface area contributed by atoms with Crippen LogP contribution in [0.15, 0.2) is 24.3 Å². The molecule has 1 aromatic rings. The van der Waals surface area contributed by atoms with Crippen LogP contribution < -0.4 is 16.4 Å². The van der Waals surface area contributed by atoms with Crippen LogP contribution in [0.2, 0.25) is 0 Å². The molecule has 0 radical (unpaired) electrons. The van der Waals surface area contributed by atoms with E-state index in [0.717, 1.165) is 5.56 Å². The monoisotopic (exact) mass is 342 g/mol. The van der Waals surface area contributed by atoms with Crippen molar-refractivity contribution in [1.82, 2.24) is 10.2 Å². The molecule has 0 heterocycles. The molecule has 0 unspecified atom stereocenters. The molecule has 1 aromatic carbocycles. The number of nitrogens with zero attached hydrogens (tertiary/aromatic N) is 1. The number of urea groups is 1. The van der Waals surface area contributed by atoms with Crippen LogP contribution in [0.3, 0.4) is 0 Å². The van der Waals surface area contributed by atoms with Gasteiger partial charge < -0.3 is 21.3 Å². The molecule has 0 aromatic heterocycles. The zero-order valence-electron chi connectivity index (χ0n) is 14.1. The molecule has 1 atom stereocenters. The lowest BCUT2D eigenvalue weighted by Gasteiger charge is -2.15.